The molecule has 0 unspecified atom stereocenters. The lowest BCUT2D eigenvalue weighted by Crippen LogP contribution is -2.26. The molecular weight excluding hydrogens is 413 g/mol. The molecule has 0 N–H and O–H groups in total. The number of nitrogens with zero attached hydrogens (tertiary/aromatic N) is 2. The molecule has 1 saturated heterocycles. The van der Waals surface area contributed by atoms with Gasteiger partial charge in [0, 0.05) is 19.5 Å². The molecule has 1 aliphatic rings. The minimum atomic E-state index is -2.85. The first-order chi connectivity index (χ1) is 15.1. The van der Waals surface area contributed by atoms with Gasteiger partial charge in [-0.05, 0) is 53.4 Å². The average Bonchev–Trinajstić information content (AvgIpc) is 3.38. The number of hydrogen-bond donors (Lipinski definition) is 0. The first-order valence-corrected chi connectivity index (χ1v) is 9.83. The number of hydrogen-bond acceptors (Lipinski definition) is 5. The number of carbonyl (C=O) groups excluding carboxylic acids is 1. The highest BCUT2D eigenvalue weighted by Crippen LogP contribution is 2.31. The Balaban J connectivity index is 0.00000132. The Morgan fingerprint density at radius 2 is 1.87 bits per heavy atom. The van der Waals surface area contributed by atoms with Crippen LogP contribution in [0, 0.1) is 0 Å². The molecule has 0 saturated carbocycles. The molecule has 6 nitrogen and oxygen atoms in total. The SMILES string of the molecule is CF.O=C1CCCN1CCCOc1noc2ccc(-c3ccc(OC(F)F)cc3)cc12. The van der Waals surface area contributed by atoms with Gasteiger partial charge in [-0.15, -0.1) is 0 Å². The highest BCUT2D eigenvalue weighted by atomic mass is 19.3. The Bertz CT molecular complexity index is 992. The number of fused-ring (bicyclic) bond motifs is 1. The molecule has 2 heterocycles. The highest BCUT2D eigenvalue weighted by molar-refractivity contribution is 5.87. The minimum absolute atomic E-state index is 0.107. The van der Waals surface area contributed by atoms with Gasteiger partial charge in [-0.1, -0.05) is 18.2 Å². The van der Waals surface area contributed by atoms with Crippen molar-refractivity contribution in [1.29, 1.82) is 0 Å². The van der Waals surface area contributed by atoms with E-state index in [4.69, 9.17) is 9.26 Å². The van der Waals surface area contributed by atoms with E-state index in [-0.39, 0.29) is 11.7 Å². The number of benzene rings is 2. The lowest BCUT2D eigenvalue weighted by atomic mass is 10.0. The molecule has 31 heavy (non-hydrogen) atoms. The van der Waals surface area contributed by atoms with Crippen molar-refractivity contribution in [3.05, 3.63) is 42.5 Å². The summed E-state index contributed by atoms with van der Waals surface area (Å²) in [6.45, 7) is -0.934. The number of carbonyl (C=O) groups is 1. The number of halogens is 3. The summed E-state index contributed by atoms with van der Waals surface area (Å²) in [6, 6.07) is 11.9. The average molecular weight is 436 g/mol. The van der Waals surface area contributed by atoms with Crippen molar-refractivity contribution in [2.75, 3.05) is 26.9 Å². The smallest absolute Gasteiger partial charge is 0.387 e. The molecule has 1 aliphatic heterocycles. The van der Waals surface area contributed by atoms with Gasteiger partial charge < -0.3 is 18.9 Å². The van der Waals surface area contributed by atoms with Crippen LogP contribution in [0.4, 0.5) is 13.2 Å². The van der Waals surface area contributed by atoms with E-state index in [2.05, 4.69) is 9.89 Å². The zero-order valence-corrected chi connectivity index (χ0v) is 17.0. The van der Waals surface area contributed by atoms with Crippen molar-refractivity contribution < 1.29 is 32.0 Å². The molecule has 4 rings (SSSR count). The van der Waals surface area contributed by atoms with E-state index in [0.29, 0.717) is 44.6 Å². The van der Waals surface area contributed by atoms with E-state index < -0.39 is 6.61 Å². The number of likely N-dealkylation sites (tertiary alicyclic amines) is 1. The van der Waals surface area contributed by atoms with Gasteiger partial charge in [0.2, 0.25) is 5.91 Å². The van der Waals surface area contributed by atoms with Gasteiger partial charge in [-0.3, -0.25) is 9.18 Å². The van der Waals surface area contributed by atoms with Crippen LogP contribution in [0.15, 0.2) is 47.0 Å². The predicted molar refractivity (Wildman–Crippen MR) is 109 cm³/mol. The van der Waals surface area contributed by atoms with Crippen molar-refractivity contribution in [2.45, 2.75) is 25.9 Å². The standard InChI is InChI=1S/C21H20F2N2O4.CH3F/c22-21(23)28-16-7-4-14(5-8-16)15-6-9-18-17(13-15)20(24-29-18)27-12-2-11-25-10-1-3-19(25)26;1-2/h4-9,13,21H,1-3,10-12H2;1H3. The Morgan fingerprint density at radius 3 is 2.55 bits per heavy atom. The van der Waals surface area contributed by atoms with Gasteiger partial charge in [0.15, 0.2) is 5.58 Å². The molecule has 1 amide bonds. The molecule has 9 heteroatoms. The second-order valence-corrected chi connectivity index (χ2v) is 6.79. The molecule has 2 aromatic carbocycles. The van der Waals surface area contributed by atoms with Crippen molar-refractivity contribution in [3.63, 3.8) is 0 Å². The maximum atomic E-state index is 12.3. The van der Waals surface area contributed by atoms with Crippen molar-refractivity contribution >= 4 is 16.9 Å². The zero-order valence-electron chi connectivity index (χ0n) is 17.0. The summed E-state index contributed by atoms with van der Waals surface area (Å²) < 4.78 is 49.5. The van der Waals surface area contributed by atoms with Gasteiger partial charge >= 0.3 is 6.61 Å². The number of alkyl halides is 3. The van der Waals surface area contributed by atoms with E-state index in [1.54, 1.807) is 18.2 Å². The monoisotopic (exact) mass is 436 g/mol. The van der Waals surface area contributed by atoms with Crippen LogP contribution in [0.3, 0.4) is 0 Å². The molecular formula is C22H23F3N2O4. The molecule has 0 aliphatic carbocycles. The summed E-state index contributed by atoms with van der Waals surface area (Å²) in [7, 11) is 0.500. The van der Waals surface area contributed by atoms with E-state index >= 15 is 0 Å². The second kappa shape index (κ2) is 10.7. The molecule has 0 atom stereocenters. The maximum absolute atomic E-state index is 12.3. The van der Waals surface area contributed by atoms with Gasteiger partial charge in [0.05, 0.1) is 19.2 Å². The van der Waals surface area contributed by atoms with Crippen LogP contribution in [-0.4, -0.2) is 49.4 Å². The molecule has 0 spiro atoms. The summed E-state index contributed by atoms with van der Waals surface area (Å²) in [6.07, 6.45) is 2.27. The predicted octanol–water partition coefficient (Wildman–Crippen LogP) is 5.07. The fourth-order valence-corrected chi connectivity index (χ4v) is 3.39. The molecule has 0 radical (unpaired) electrons. The lowest BCUT2D eigenvalue weighted by molar-refractivity contribution is -0.127. The Kier molecular flexibility index (Phi) is 7.75. The van der Waals surface area contributed by atoms with E-state index in [9.17, 15) is 18.0 Å². The van der Waals surface area contributed by atoms with E-state index in [1.165, 1.54) is 12.1 Å². The fraction of sp³-hybridized carbons (Fsp3) is 0.364. The van der Waals surface area contributed by atoms with Crippen LogP contribution in [0.2, 0.25) is 0 Å². The topological polar surface area (TPSA) is 64.8 Å². The number of ether oxygens (including phenoxy) is 2. The maximum Gasteiger partial charge on any atom is 0.387 e. The van der Waals surface area contributed by atoms with Crippen molar-refractivity contribution in [1.82, 2.24) is 10.1 Å². The zero-order chi connectivity index (χ0) is 22.2. The van der Waals surface area contributed by atoms with Crippen LogP contribution in [-0.2, 0) is 4.79 Å². The first-order valence-electron chi connectivity index (χ1n) is 9.83. The van der Waals surface area contributed by atoms with Gasteiger partial charge in [0.25, 0.3) is 5.88 Å². The quantitative estimate of drug-likeness (QED) is 0.461. The molecule has 0 bridgehead atoms. The summed E-state index contributed by atoms with van der Waals surface area (Å²) in [5.41, 5.74) is 2.31. The molecule has 3 aromatic rings. The summed E-state index contributed by atoms with van der Waals surface area (Å²) in [5, 5.41) is 4.71. The normalized spacial score (nSPS) is 13.5. The van der Waals surface area contributed by atoms with Crippen molar-refractivity contribution in [3.8, 4) is 22.8 Å². The van der Waals surface area contributed by atoms with Crippen LogP contribution >= 0.6 is 0 Å². The Hall–Kier alpha value is -3.23. The van der Waals surface area contributed by atoms with Crippen LogP contribution < -0.4 is 9.47 Å². The minimum Gasteiger partial charge on any atom is -0.475 e. The van der Waals surface area contributed by atoms with Crippen molar-refractivity contribution in [2.24, 2.45) is 0 Å². The van der Waals surface area contributed by atoms with Gasteiger partial charge in [0.1, 0.15) is 5.75 Å². The highest BCUT2D eigenvalue weighted by Gasteiger charge is 2.19. The Labute approximate surface area is 177 Å². The van der Waals surface area contributed by atoms with Crippen LogP contribution in [0.5, 0.6) is 11.6 Å². The number of amides is 1. The number of aromatic nitrogens is 1. The van der Waals surface area contributed by atoms with E-state index in [1.807, 2.05) is 17.0 Å². The summed E-state index contributed by atoms with van der Waals surface area (Å²) in [4.78, 5) is 13.5. The molecule has 1 aromatic heterocycles. The van der Waals surface area contributed by atoms with Gasteiger partial charge in [-0.25, -0.2) is 0 Å². The number of rotatable bonds is 8. The van der Waals surface area contributed by atoms with Crippen LogP contribution in [0.1, 0.15) is 19.3 Å². The summed E-state index contributed by atoms with van der Waals surface area (Å²) >= 11 is 0. The molecule has 1 fully saturated rings. The fourth-order valence-electron chi connectivity index (χ4n) is 3.39. The third kappa shape index (κ3) is 5.68. The van der Waals surface area contributed by atoms with E-state index in [0.717, 1.165) is 29.5 Å². The third-order valence-corrected chi connectivity index (χ3v) is 4.83. The second-order valence-electron chi connectivity index (χ2n) is 6.79. The van der Waals surface area contributed by atoms with Gasteiger partial charge in [-0.2, -0.15) is 8.78 Å². The van der Waals surface area contributed by atoms with Crippen LogP contribution in [0.25, 0.3) is 22.1 Å². The molecule has 166 valence electrons. The third-order valence-electron chi connectivity index (χ3n) is 4.83. The largest absolute Gasteiger partial charge is 0.475 e. The summed E-state index contributed by atoms with van der Waals surface area (Å²) in [5.74, 6) is 0.703. The first kappa shape index (κ1) is 22.5. The Morgan fingerprint density at radius 1 is 1.13 bits per heavy atom. The lowest BCUT2D eigenvalue weighted by Gasteiger charge is -2.14.